The molecule has 4 rings (SSSR count). The van der Waals surface area contributed by atoms with E-state index in [1.165, 1.54) is 34.4 Å². The maximum Gasteiger partial charge on any atom is 0.412 e. The summed E-state index contributed by atoms with van der Waals surface area (Å²) in [5, 5.41) is 9.83. The monoisotopic (exact) mass is 570 g/mol. The molecule has 1 saturated carbocycles. The number of amides is 2. The summed E-state index contributed by atoms with van der Waals surface area (Å²) in [4.78, 5) is 37.2. The lowest BCUT2D eigenvalue weighted by molar-refractivity contribution is 0.00403. The molecule has 214 valence electrons. The van der Waals surface area contributed by atoms with Gasteiger partial charge in [-0.05, 0) is 69.9 Å². The van der Waals surface area contributed by atoms with Gasteiger partial charge in [0.2, 0.25) is 0 Å². The van der Waals surface area contributed by atoms with Crippen molar-refractivity contribution in [2.45, 2.75) is 51.9 Å². The molecule has 1 aliphatic carbocycles. The molecule has 3 N–H and O–H groups in total. The fourth-order valence-electron chi connectivity index (χ4n) is 3.91. The minimum absolute atomic E-state index is 0.103. The van der Waals surface area contributed by atoms with Gasteiger partial charge in [-0.25, -0.2) is 19.2 Å². The van der Waals surface area contributed by atoms with Crippen LogP contribution in [0.5, 0.6) is 0 Å². The summed E-state index contributed by atoms with van der Waals surface area (Å²) >= 11 is 1.41. The summed E-state index contributed by atoms with van der Waals surface area (Å²) in [6, 6.07) is 9.68. The number of thiazole rings is 1. The number of rotatable bonds is 12. The van der Waals surface area contributed by atoms with E-state index in [4.69, 9.17) is 9.47 Å². The van der Waals surface area contributed by atoms with E-state index in [9.17, 15) is 14.0 Å². The first-order chi connectivity index (χ1) is 19.1. The molecule has 2 heterocycles. The second-order valence-corrected chi connectivity index (χ2v) is 11.6. The van der Waals surface area contributed by atoms with Crippen LogP contribution in [0.3, 0.4) is 0 Å². The molecule has 1 atom stereocenters. The van der Waals surface area contributed by atoms with Crippen molar-refractivity contribution in [3.8, 4) is 0 Å². The van der Waals surface area contributed by atoms with Gasteiger partial charge in [0, 0.05) is 36.5 Å². The van der Waals surface area contributed by atoms with Crippen LogP contribution in [0.15, 0.2) is 48.8 Å². The fourth-order valence-corrected chi connectivity index (χ4v) is 4.67. The molecule has 12 heteroatoms. The number of halogens is 1. The third kappa shape index (κ3) is 8.36. The van der Waals surface area contributed by atoms with Gasteiger partial charge in [0.15, 0.2) is 5.13 Å². The highest BCUT2D eigenvalue weighted by Gasteiger charge is 2.40. The predicted octanol–water partition coefficient (Wildman–Crippen LogP) is 5.38. The van der Waals surface area contributed by atoms with Crippen molar-refractivity contribution < 1.29 is 23.5 Å². The van der Waals surface area contributed by atoms with Crippen molar-refractivity contribution in [3.05, 3.63) is 65.0 Å². The number of aromatic nitrogens is 2. The van der Waals surface area contributed by atoms with Gasteiger partial charge in [-0.3, -0.25) is 9.69 Å². The molecule has 10 nitrogen and oxygen atoms in total. The van der Waals surface area contributed by atoms with Gasteiger partial charge in [-0.15, -0.1) is 0 Å². The maximum absolute atomic E-state index is 14.6. The second kappa shape index (κ2) is 13.1. The van der Waals surface area contributed by atoms with Gasteiger partial charge in [0.05, 0.1) is 18.8 Å². The van der Waals surface area contributed by atoms with Gasteiger partial charge in [-0.2, -0.15) is 0 Å². The fraction of sp³-hybridized carbons (Fsp3) is 0.429. The van der Waals surface area contributed by atoms with Crippen molar-refractivity contribution in [1.82, 2.24) is 20.2 Å². The van der Waals surface area contributed by atoms with E-state index < -0.39 is 29.6 Å². The number of ether oxygens (including phenoxy) is 2. The zero-order chi connectivity index (χ0) is 28.7. The van der Waals surface area contributed by atoms with Gasteiger partial charge in [0.25, 0.3) is 5.91 Å². The molecule has 1 unspecified atom stereocenters. The maximum atomic E-state index is 14.6. The summed E-state index contributed by atoms with van der Waals surface area (Å²) in [6.07, 6.45) is 4.04. The summed E-state index contributed by atoms with van der Waals surface area (Å²) < 4.78 is 25.4. The largest absolute Gasteiger partial charge is 0.444 e. The SMILES string of the molecule is COCCN(C(=O)OC(C)(C)C)C(NC(=O)c1ccc(F)c(NCc2cnc(Nc3ccccn3)s2)c1)C1CC1. The normalized spacial score (nSPS) is 13.8. The standard InChI is InChI=1S/C28H35FN6O4S/c1-28(2,3)39-27(37)35(13-14-38-4)24(18-8-9-18)34-25(36)19-10-11-21(29)22(15-19)31-16-20-17-32-26(40-20)33-23-7-5-6-12-30-23/h5-7,10-12,15,17-18,24,31H,8-9,13-14,16H2,1-4H3,(H,34,36)(H,30,32,33). The van der Waals surface area contributed by atoms with E-state index in [-0.39, 0.29) is 23.7 Å². The Morgan fingerprint density at radius 2 is 2.00 bits per heavy atom. The highest BCUT2D eigenvalue weighted by Crippen LogP contribution is 2.35. The Kier molecular flexibility index (Phi) is 9.54. The first-order valence-electron chi connectivity index (χ1n) is 13.1. The number of carbonyl (C=O) groups excluding carboxylic acids is 2. The minimum atomic E-state index is -0.689. The highest BCUT2D eigenvalue weighted by molar-refractivity contribution is 7.15. The van der Waals surface area contributed by atoms with E-state index >= 15 is 0 Å². The number of benzene rings is 1. The van der Waals surface area contributed by atoms with Gasteiger partial charge < -0.3 is 25.4 Å². The Bertz CT molecular complexity index is 1300. The number of pyridine rings is 1. The lowest BCUT2D eigenvalue weighted by Gasteiger charge is -2.34. The quantitative estimate of drug-likeness (QED) is 0.249. The first kappa shape index (κ1) is 29.2. The average molecular weight is 571 g/mol. The summed E-state index contributed by atoms with van der Waals surface area (Å²) in [7, 11) is 1.55. The number of anilines is 3. The number of methoxy groups -OCH3 is 1. The lowest BCUT2D eigenvalue weighted by atomic mass is 10.1. The molecular weight excluding hydrogens is 535 g/mol. The minimum Gasteiger partial charge on any atom is -0.444 e. The molecule has 0 radical (unpaired) electrons. The van der Waals surface area contributed by atoms with E-state index in [1.807, 2.05) is 18.2 Å². The number of carbonyl (C=O) groups is 2. The highest BCUT2D eigenvalue weighted by atomic mass is 32.1. The topological polar surface area (TPSA) is 118 Å². The van der Waals surface area contributed by atoms with E-state index in [2.05, 4.69) is 25.9 Å². The Balaban J connectivity index is 1.42. The molecule has 0 aliphatic heterocycles. The molecule has 1 aliphatic rings. The number of nitrogens with one attached hydrogen (secondary N) is 3. The average Bonchev–Trinajstić information content (AvgIpc) is 3.66. The smallest absolute Gasteiger partial charge is 0.412 e. The van der Waals surface area contributed by atoms with Crippen molar-refractivity contribution in [2.24, 2.45) is 5.92 Å². The van der Waals surface area contributed by atoms with Crippen LogP contribution in [0.4, 0.5) is 25.8 Å². The van der Waals surface area contributed by atoms with Crippen molar-refractivity contribution in [1.29, 1.82) is 0 Å². The van der Waals surface area contributed by atoms with Gasteiger partial charge in [-0.1, -0.05) is 17.4 Å². The molecule has 40 heavy (non-hydrogen) atoms. The van der Waals surface area contributed by atoms with Crippen LogP contribution >= 0.6 is 11.3 Å². The number of hydrogen-bond donors (Lipinski definition) is 3. The predicted molar refractivity (Wildman–Crippen MR) is 152 cm³/mol. The van der Waals surface area contributed by atoms with Crippen LogP contribution in [-0.4, -0.2) is 58.9 Å². The molecule has 1 fully saturated rings. The Labute approximate surface area is 237 Å². The first-order valence-corrected chi connectivity index (χ1v) is 13.9. The van der Waals surface area contributed by atoms with Crippen LogP contribution in [0.1, 0.15) is 48.8 Å². The van der Waals surface area contributed by atoms with Crippen LogP contribution in [0.25, 0.3) is 0 Å². The van der Waals surface area contributed by atoms with Gasteiger partial charge in [0.1, 0.15) is 23.4 Å². The zero-order valence-corrected chi connectivity index (χ0v) is 23.9. The summed E-state index contributed by atoms with van der Waals surface area (Å²) in [6.45, 7) is 6.25. The number of nitrogens with zero attached hydrogens (tertiary/aromatic N) is 3. The third-order valence-corrected chi connectivity index (χ3v) is 6.90. The lowest BCUT2D eigenvalue weighted by Crippen LogP contribution is -2.54. The molecule has 0 saturated heterocycles. The zero-order valence-electron chi connectivity index (χ0n) is 23.1. The second-order valence-electron chi connectivity index (χ2n) is 10.4. The van der Waals surface area contributed by atoms with Crippen molar-refractivity contribution in [3.63, 3.8) is 0 Å². The van der Waals surface area contributed by atoms with E-state index in [0.717, 1.165) is 17.7 Å². The molecular formula is C28H35FN6O4S. The van der Waals surface area contributed by atoms with Crippen LogP contribution in [0, 0.1) is 11.7 Å². The molecule has 0 spiro atoms. The van der Waals surface area contributed by atoms with Gasteiger partial charge >= 0.3 is 6.09 Å². The Hall–Kier alpha value is -3.77. The van der Waals surface area contributed by atoms with E-state index in [0.29, 0.717) is 24.1 Å². The molecule has 3 aromatic rings. The Morgan fingerprint density at radius 1 is 1.20 bits per heavy atom. The molecule has 2 aromatic heterocycles. The Morgan fingerprint density at radius 3 is 2.67 bits per heavy atom. The summed E-state index contributed by atoms with van der Waals surface area (Å²) in [5.41, 5.74) is -0.232. The van der Waals surface area contributed by atoms with Crippen LogP contribution in [-0.2, 0) is 16.0 Å². The van der Waals surface area contributed by atoms with E-state index in [1.54, 1.807) is 40.3 Å². The number of hydrogen-bond acceptors (Lipinski definition) is 9. The molecule has 2 amide bonds. The van der Waals surface area contributed by atoms with Crippen LogP contribution in [0.2, 0.25) is 0 Å². The van der Waals surface area contributed by atoms with Crippen molar-refractivity contribution in [2.75, 3.05) is 30.9 Å². The molecule has 1 aromatic carbocycles. The van der Waals surface area contributed by atoms with Crippen molar-refractivity contribution >= 4 is 40.0 Å². The molecule has 0 bridgehead atoms. The third-order valence-electron chi connectivity index (χ3n) is 5.98. The van der Waals surface area contributed by atoms with Crippen LogP contribution < -0.4 is 16.0 Å². The summed E-state index contributed by atoms with van der Waals surface area (Å²) in [5.74, 6) is -0.114.